The minimum absolute atomic E-state index is 0. The molecule has 0 bridgehead atoms. The summed E-state index contributed by atoms with van der Waals surface area (Å²) in [6.07, 6.45) is 3.70. The number of aromatic nitrogens is 2. The van der Waals surface area contributed by atoms with Gasteiger partial charge in [0.15, 0.2) is 0 Å². The summed E-state index contributed by atoms with van der Waals surface area (Å²) in [5.41, 5.74) is 0. The van der Waals surface area contributed by atoms with Gasteiger partial charge in [-0.05, 0) is 13.8 Å². The molecule has 6 heteroatoms. The third-order valence-corrected chi connectivity index (χ3v) is 1.24. The summed E-state index contributed by atoms with van der Waals surface area (Å²) in [4.78, 5) is 4.11. The molecular formula is C7H16Cl3N3. The molecule has 0 saturated heterocycles. The predicted octanol–water partition coefficient (Wildman–Crippen LogP) is 2.51. The molecule has 0 atom stereocenters. The van der Waals surface area contributed by atoms with Crippen molar-refractivity contribution in [3.63, 3.8) is 0 Å². The fourth-order valence-electron chi connectivity index (χ4n) is 0.763. The summed E-state index contributed by atoms with van der Waals surface area (Å²) in [5.74, 6) is 0.926. The Morgan fingerprint density at radius 1 is 1.31 bits per heavy atom. The van der Waals surface area contributed by atoms with E-state index in [1.54, 1.807) is 6.20 Å². The largest absolute Gasteiger partial charge is 0.353 e. The van der Waals surface area contributed by atoms with E-state index in [-0.39, 0.29) is 37.2 Å². The third kappa shape index (κ3) is 6.02. The van der Waals surface area contributed by atoms with Gasteiger partial charge in [-0.15, -0.1) is 37.2 Å². The molecule has 1 aromatic rings. The van der Waals surface area contributed by atoms with Crippen molar-refractivity contribution in [1.82, 2.24) is 9.55 Å². The van der Waals surface area contributed by atoms with Crippen LogP contribution in [0.4, 0.5) is 5.95 Å². The van der Waals surface area contributed by atoms with Crippen LogP contribution < -0.4 is 5.32 Å². The van der Waals surface area contributed by atoms with Crippen molar-refractivity contribution in [3.8, 4) is 0 Å². The average Bonchev–Trinajstić information content (AvgIpc) is 2.15. The van der Waals surface area contributed by atoms with Crippen molar-refractivity contribution in [2.75, 3.05) is 5.32 Å². The van der Waals surface area contributed by atoms with Crippen LogP contribution in [0.3, 0.4) is 0 Å². The lowest BCUT2D eigenvalue weighted by Crippen LogP contribution is -2.13. The van der Waals surface area contributed by atoms with Crippen LogP contribution in [0.15, 0.2) is 12.4 Å². The molecule has 1 heterocycles. The molecule has 3 nitrogen and oxygen atoms in total. The fourth-order valence-corrected chi connectivity index (χ4v) is 0.763. The van der Waals surface area contributed by atoms with Gasteiger partial charge in [0.1, 0.15) is 0 Å². The van der Waals surface area contributed by atoms with E-state index < -0.39 is 0 Å². The number of aryl methyl sites for hydroxylation is 1. The molecule has 0 radical (unpaired) electrons. The minimum atomic E-state index is 0. The van der Waals surface area contributed by atoms with Crippen molar-refractivity contribution < 1.29 is 0 Å². The topological polar surface area (TPSA) is 29.9 Å². The maximum atomic E-state index is 4.11. The van der Waals surface area contributed by atoms with Gasteiger partial charge in [0, 0.05) is 25.5 Å². The molecule has 0 unspecified atom stereocenters. The summed E-state index contributed by atoms with van der Waals surface area (Å²) >= 11 is 0. The maximum absolute atomic E-state index is 4.11. The summed E-state index contributed by atoms with van der Waals surface area (Å²) in [7, 11) is 1.97. The fraction of sp³-hybridized carbons (Fsp3) is 0.571. The Morgan fingerprint density at radius 3 is 2.15 bits per heavy atom. The molecule has 0 fully saturated rings. The number of hydrogen-bond acceptors (Lipinski definition) is 2. The van der Waals surface area contributed by atoms with Crippen LogP contribution in [0.5, 0.6) is 0 Å². The van der Waals surface area contributed by atoms with Gasteiger partial charge in [-0.1, -0.05) is 0 Å². The van der Waals surface area contributed by atoms with Gasteiger partial charge in [0.25, 0.3) is 0 Å². The zero-order valence-electron chi connectivity index (χ0n) is 7.85. The number of hydrogen-bond donors (Lipinski definition) is 1. The highest BCUT2D eigenvalue weighted by atomic mass is 35.5. The van der Waals surface area contributed by atoms with Gasteiger partial charge in [-0.3, -0.25) is 0 Å². The number of nitrogens with one attached hydrogen (secondary N) is 1. The molecule has 0 aliphatic heterocycles. The second-order valence-electron chi connectivity index (χ2n) is 2.66. The van der Waals surface area contributed by atoms with Crippen molar-refractivity contribution in [1.29, 1.82) is 0 Å². The molecule has 0 saturated carbocycles. The van der Waals surface area contributed by atoms with E-state index in [9.17, 15) is 0 Å². The van der Waals surface area contributed by atoms with Crippen molar-refractivity contribution in [2.24, 2.45) is 7.05 Å². The summed E-state index contributed by atoms with van der Waals surface area (Å²) < 4.78 is 1.96. The Balaban J connectivity index is -0.000000333. The van der Waals surface area contributed by atoms with Crippen LogP contribution in [0, 0.1) is 0 Å². The summed E-state index contributed by atoms with van der Waals surface area (Å²) in [6, 6.07) is 0.445. The normalized spacial score (nSPS) is 8.00. The number of nitrogens with zero attached hydrogens (tertiary/aromatic N) is 2. The monoisotopic (exact) mass is 247 g/mol. The van der Waals surface area contributed by atoms with Crippen molar-refractivity contribution in [2.45, 2.75) is 19.9 Å². The quantitative estimate of drug-likeness (QED) is 0.872. The van der Waals surface area contributed by atoms with Crippen molar-refractivity contribution in [3.05, 3.63) is 12.4 Å². The van der Waals surface area contributed by atoms with E-state index >= 15 is 0 Å². The van der Waals surface area contributed by atoms with E-state index in [1.165, 1.54) is 0 Å². The Morgan fingerprint density at radius 2 is 1.85 bits per heavy atom. The SMILES string of the molecule is CC(C)Nc1nccn1C.Cl.Cl.Cl. The first kappa shape index (κ1) is 18.6. The van der Waals surface area contributed by atoms with Crippen LogP contribution in [-0.4, -0.2) is 15.6 Å². The van der Waals surface area contributed by atoms with Gasteiger partial charge in [-0.25, -0.2) is 4.98 Å². The second-order valence-corrected chi connectivity index (χ2v) is 2.66. The first-order valence-electron chi connectivity index (χ1n) is 3.44. The van der Waals surface area contributed by atoms with Gasteiger partial charge in [0.05, 0.1) is 0 Å². The first-order chi connectivity index (χ1) is 4.70. The van der Waals surface area contributed by atoms with E-state index in [2.05, 4.69) is 24.1 Å². The van der Waals surface area contributed by atoms with Gasteiger partial charge in [0.2, 0.25) is 5.95 Å². The van der Waals surface area contributed by atoms with Crippen LogP contribution in [0.1, 0.15) is 13.8 Å². The lowest BCUT2D eigenvalue weighted by Gasteiger charge is -2.07. The average molecular weight is 249 g/mol. The Hall–Kier alpha value is -0.120. The molecule has 13 heavy (non-hydrogen) atoms. The third-order valence-electron chi connectivity index (χ3n) is 1.24. The number of halogens is 3. The van der Waals surface area contributed by atoms with E-state index in [0.717, 1.165) is 5.95 Å². The zero-order chi connectivity index (χ0) is 7.56. The molecule has 1 N–H and O–H groups in total. The summed E-state index contributed by atoms with van der Waals surface area (Å²) in [6.45, 7) is 4.18. The molecule has 0 amide bonds. The number of anilines is 1. The minimum Gasteiger partial charge on any atom is -0.353 e. The summed E-state index contributed by atoms with van der Waals surface area (Å²) in [5, 5.41) is 3.20. The van der Waals surface area contributed by atoms with Crippen LogP contribution in [-0.2, 0) is 7.05 Å². The molecule has 0 aromatic carbocycles. The van der Waals surface area contributed by atoms with E-state index in [1.807, 2.05) is 17.8 Å². The molecule has 0 aliphatic rings. The Bertz CT molecular complexity index is 213. The highest BCUT2D eigenvalue weighted by Crippen LogP contribution is 2.01. The van der Waals surface area contributed by atoms with Crippen LogP contribution in [0.2, 0.25) is 0 Å². The number of rotatable bonds is 2. The smallest absolute Gasteiger partial charge is 0.202 e. The van der Waals surface area contributed by atoms with Gasteiger partial charge in [-0.2, -0.15) is 0 Å². The molecule has 1 rings (SSSR count). The van der Waals surface area contributed by atoms with Crippen LogP contribution in [0.25, 0.3) is 0 Å². The number of imidazole rings is 1. The maximum Gasteiger partial charge on any atom is 0.202 e. The van der Waals surface area contributed by atoms with E-state index in [0.29, 0.717) is 6.04 Å². The van der Waals surface area contributed by atoms with Gasteiger partial charge < -0.3 is 9.88 Å². The molecule has 0 spiro atoms. The molecule has 1 aromatic heterocycles. The van der Waals surface area contributed by atoms with Crippen molar-refractivity contribution >= 4 is 43.2 Å². The van der Waals surface area contributed by atoms with Crippen LogP contribution >= 0.6 is 37.2 Å². The molecular weight excluding hydrogens is 232 g/mol. The Kier molecular flexibility index (Phi) is 12.1. The molecule has 80 valence electrons. The highest BCUT2D eigenvalue weighted by molar-refractivity contribution is 5.86. The van der Waals surface area contributed by atoms with E-state index in [4.69, 9.17) is 0 Å². The Labute approximate surface area is 97.5 Å². The standard InChI is InChI=1S/C7H13N3.3ClH/c1-6(2)9-7-8-4-5-10(7)3;;;/h4-6H,1-3H3,(H,8,9);3*1H. The first-order valence-corrected chi connectivity index (χ1v) is 3.44. The lowest BCUT2D eigenvalue weighted by molar-refractivity contribution is 0.832. The highest BCUT2D eigenvalue weighted by Gasteiger charge is 1.97. The molecule has 0 aliphatic carbocycles. The zero-order valence-corrected chi connectivity index (χ0v) is 10.3. The predicted molar refractivity (Wildman–Crippen MR) is 63.7 cm³/mol. The second kappa shape index (κ2) is 8.48. The van der Waals surface area contributed by atoms with Gasteiger partial charge >= 0.3 is 0 Å². The lowest BCUT2D eigenvalue weighted by atomic mass is 10.4.